The summed E-state index contributed by atoms with van der Waals surface area (Å²) >= 11 is 5.52. The molecule has 130 valence electrons. The molecule has 0 aliphatic carbocycles. The van der Waals surface area contributed by atoms with Crippen LogP contribution >= 0.6 is 12.2 Å². The summed E-state index contributed by atoms with van der Waals surface area (Å²) in [5.41, 5.74) is 3.47. The summed E-state index contributed by atoms with van der Waals surface area (Å²) < 4.78 is 2.18. The zero-order valence-corrected chi connectivity index (χ0v) is 15.3. The number of carbonyl (C=O) groups excluding carboxylic acids is 1. The Morgan fingerprint density at radius 1 is 0.778 bits per heavy atom. The minimum absolute atomic E-state index is 0.0818. The molecule has 0 unspecified atom stereocenters. The molecular formula is C23H16N2OS. The molecule has 1 aromatic heterocycles. The molecule has 0 saturated carbocycles. The number of para-hydroxylation sites is 1. The Kier molecular flexibility index (Phi) is 4.73. The van der Waals surface area contributed by atoms with Crippen molar-refractivity contribution in [3.05, 3.63) is 113 Å². The maximum Gasteiger partial charge on any atom is 0.204 e. The normalized spacial score (nSPS) is 10.5. The van der Waals surface area contributed by atoms with Gasteiger partial charge >= 0.3 is 0 Å². The summed E-state index contributed by atoms with van der Waals surface area (Å²) in [6.07, 6.45) is 1.79. The number of nitrogens with zero attached hydrogens (tertiary/aromatic N) is 2. The predicted molar refractivity (Wildman–Crippen MR) is 110 cm³/mol. The van der Waals surface area contributed by atoms with Crippen molar-refractivity contribution in [1.29, 1.82) is 0 Å². The summed E-state index contributed by atoms with van der Waals surface area (Å²) in [5.74, 6) is -0.0818. The van der Waals surface area contributed by atoms with Crippen molar-refractivity contribution < 1.29 is 4.79 Å². The highest BCUT2D eigenvalue weighted by Gasteiger charge is 2.18. The standard InChI is InChI=1S/C23H16N2OS/c26-22(18-12-6-2-7-13-18)20-16-25(19-14-8-3-9-15-19)23(27)24-21(20)17-10-4-1-5-11-17/h1-16H. The third kappa shape index (κ3) is 3.48. The van der Waals surface area contributed by atoms with Gasteiger partial charge in [-0.2, -0.15) is 0 Å². The van der Waals surface area contributed by atoms with Crippen LogP contribution in [0.1, 0.15) is 15.9 Å². The second kappa shape index (κ2) is 7.48. The van der Waals surface area contributed by atoms with Crippen molar-refractivity contribution in [2.24, 2.45) is 0 Å². The van der Waals surface area contributed by atoms with Crippen LogP contribution in [0.4, 0.5) is 0 Å². The number of rotatable bonds is 4. The van der Waals surface area contributed by atoms with Gasteiger partial charge in [-0.15, -0.1) is 0 Å². The van der Waals surface area contributed by atoms with Crippen molar-refractivity contribution in [2.75, 3.05) is 0 Å². The Bertz CT molecular complexity index is 1140. The first-order valence-electron chi connectivity index (χ1n) is 8.58. The topological polar surface area (TPSA) is 34.9 Å². The van der Waals surface area contributed by atoms with E-state index in [2.05, 4.69) is 4.98 Å². The molecule has 0 radical (unpaired) electrons. The van der Waals surface area contributed by atoms with Gasteiger partial charge < -0.3 is 0 Å². The molecular weight excluding hydrogens is 352 g/mol. The van der Waals surface area contributed by atoms with E-state index in [-0.39, 0.29) is 5.78 Å². The zero-order valence-electron chi connectivity index (χ0n) is 14.4. The van der Waals surface area contributed by atoms with Crippen molar-refractivity contribution >= 4 is 18.0 Å². The van der Waals surface area contributed by atoms with Crippen molar-refractivity contribution in [1.82, 2.24) is 9.55 Å². The van der Waals surface area contributed by atoms with Crippen LogP contribution in [0.25, 0.3) is 16.9 Å². The van der Waals surface area contributed by atoms with Gasteiger partial charge in [-0.1, -0.05) is 78.9 Å². The summed E-state index contributed by atoms with van der Waals surface area (Å²) in [6, 6.07) is 28.6. The van der Waals surface area contributed by atoms with Gasteiger partial charge in [-0.05, 0) is 24.4 Å². The SMILES string of the molecule is O=C(c1ccccc1)c1cn(-c2ccccc2)c(=S)nc1-c1ccccc1. The first-order valence-corrected chi connectivity index (χ1v) is 8.99. The first-order chi connectivity index (χ1) is 13.2. The quantitative estimate of drug-likeness (QED) is 0.352. The Balaban J connectivity index is 1.96. The monoisotopic (exact) mass is 368 g/mol. The third-order valence-electron chi connectivity index (χ3n) is 4.29. The molecule has 3 aromatic carbocycles. The van der Waals surface area contributed by atoms with Gasteiger partial charge in [-0.25, -0.2) is 4.98 Å². The number of hydrogen-bond acceptors (Lipinski definition) is 3. The van der Waals surface area contributed by atoms with Gasteiger partial charge in [0.15, 0.2) is 5.78 Å². The van der Waals surface area contributed by atoms with Crippen LogP contribution in [-0.4, -0.2) is 15.3 Å². The minimum Gasteiger partial charge on any atom is -0.292 e. The summed E-state index contributed by atoms with van der Waals surface area (Å²) in [4.78, 5) is 17.9. The van der Waals surface area contributed by atoms with Gasteiger partial charge in [0.1, 0.15) is 0 Å². The fourth-order valence-electron chi connectivity index (χ4n) is 2.96. The first kappa shape index (κ1) is 17.1. The Labute approximate surface area is 162 Å². The second-order valence-electron chi connectivity index (χ2n) is 6.05. The van der Waals surface area contributed by atoms with E-state index in [0.29, 0.717) is 21.6 Å². The van der Waals surface area contributed by atoms with E-state index < -0.39 is 0 Å². The van der Waals surface area contributed by atoms with Gasteiger partial charge in [0.2, 0.25) is 4.77 Å². The minimum atomic E-state index is -0.0818. The van der Waals surface area contributed by atoms with E-state index in [1.807, 2.05) is 91.0 Å². The van der Waals surface area contributed by atoms with Crippen LogP contribution < -0.4 is 0 Å². The zero-order chi connectivity index (χ0) is 18.6. The molecule has 0 aliphatic heterocycles. The molecule has 3 nitrogen and oxygen atoms in total. The van der Waals surface area contributed by atoms with Gasteiger partial charge in [0, 0.05) is 23.0 Å². The maximum atomic E-state index is 13.2. The summed E-state index contributed by atoms with van der Waals surface area (Å²) in [5, 5.41) is 0. The number of benzene rings is 3. The van der Waals surface area contributed by atoms with Crippen molar-refractivity contribution in [3.63, 3.8) is 0 Å². The molecule has 4 aromatic rings. The number of hydrogen-bond donors (Lipinski definition) is 0. The van der Waals surface area contributed by atoms with E-state index in [1.165, 1.54) is 0 Å². The number of ketones is 1. The van der Waals surface area contributed by atoms with E-state index in [1.54, 1.807) is 10.8 Å². The lowest BCUT2D eigenvalue weighted by atomic mass is 9.99. The number of aromatic nitrogens is 2. The Morgan fingerprint density at radius 3 is 1.96 bits per heavy atom. The van der Waals surface area contributed by atoms with E-state index in [9.17, 15) is 4.79 Å². The van der Waals surface area contributed by atoms with Crippen LogP contribution in [0, 0.1) is 4.77 Å². The number of carbonyl (C=O) groups is 1. The molecule has 0 amide bonds. The van der Waals surface area contributed by atoms with Crippen LogP contribution in [0.2, 0.25) is 0 Å². The van der Waals surface area contributed by atoms with E-state index in [4.69, 9.17) is 12.2 Å². The fraction of sp³-hybridized carbons (Fsp3) is 0. The molecule has 0 bridgehead atoms. The van der Waals surface area contributed by atoms with Crippen molar-refractivity contribution in [2.45, 2.75) is 0 Å². The van der Waals surface area contributed by atoms with E-state index in [0.717, 1.165) is 11.3 Å². The van der Waals surface area contributed by atoms with Crippen LogP contribution in [0.5, 0.6) is 0 Å². The third-order valence-corrected chi connectivity index (χ3v) is 4.58. The molecule has 0 atom stereocenters. The summed E-state index contributed by atoms with van der Waals surface area (Å²) in [7, 11) is 0. The highest BCUT2D eigenvalue weighted by Crippen LogP contribution is 2.25. The average molecular weight is 368 g/mol. The molecule has 1 heterocycles. The highest BCUT2D eigenvalue weighted by molar-refractivity contribution is 7.71. The van der Waals surface area contributed by atoms with Crippen LogP contribution in [0.15, 0.2) is 97.2 Å². The molecule has 0 fully saturated rings. The molecule has 27 heavy (non-hydrogen) atoms. The second-order valence-corrected chi connectivity index (χ2v) is 6.42. The molecule has 4 rings (SSSR count). The largest absolute Gasteiger partial charge is 0.292 e. The smallest absolute Gasteiger partial charge is 0.204 e. The molecule has 0 aliphatic rings. The lowest BCUT2D eigenvalue weighted by molar-refractivity contribution is 0.103. The maximum absolute atomic E-state index is 13.2. The lowest BCUT2D eigenvalue weighted by Gasteiger charge is -2.13. The Hall–Kier alpha value is -3.37. The summed E-state index contributed by atoms with van der Waals surface area (Å²) in [6.45, 7) is 0. The van der Waals surface area contributed by atoms with Crippen LogP contribution in [-0.2, 0) is 0 Å². The highest BCUT2D eigenvalue weighted by atomic mass is 32.1. The van der Waals surface area contributed by atoms with Crippen molar-refractivity contribution in [3.8, 4) is 16.9 Å². The average Bonchev–Trinajstić information content (AvgIpc) is 2.75. The molecule has 0 saturated heterocycles. The van der Waals surface area contributed by atoms with Gasteiger partial charge in [0.05, 0.1) is 11.3 Å². The van der Waals surface area contributed by atoms with Crippen LogP contribution in [0.3, 0.4) is 0 Å². The molecule has 0 spiro atoms. The Morgan fingerprint density at radius 2 is 1.33 bits per heavy atom. The molecule has 0 N–H and O–H groups in total. The van der Waals surface area contributed by atoms with Gasteiger partial charge in [-0.3, -0.25) is 9.36 Å². The predicted octanol–water partition coefficient (Wildman–Crippen LogP) is 5.50. The van der Waals surface area contributed by atoms with E-state index >= 15 is 0 Å². The lowest BCUT2D eigenvalue weighted by Crippen LogP contribution is -2.10. The fourth-order valence-corrected chi connectivity index (χ4v) is 3.21. The van der Waals surface area contributed by atoms with Gasteiger partial charge in [0.25, 0.3) is 0 Å². The molecule has 4 heteroatoms.